The quantitative estimate of drug-likeness (QED) is 0.863. The molecule has 0 aliphatic carbocycles. The zero-order chi connectivity index (χ0) is 18.2. The van der Waals surface area contributed by atoms with Gasteiger partial charge in [0.1, 0.15) is 16.9 Å². The van der Waals surface area contributed by atoms with Crippen LogP contribution in [0.25, 0.3) is 0 Å². The molecule has 2 heterocycles. The van der Waals surface area contributed by atoms with Gasteiger partial charge in [0.05, 0.1) is 0 Å². The van der Waals surface area contributed by atoms with Crippen LogP contribution in [0.5, 0.6) is 5.75 Å². The molecule has 10 heteroatoms. The molecular weight excluding hydrogens is 361 g/mol. The van der Waals surface area contributed by atoms with Crippen LogP contribution in [0, 0.1) is 0 Å². The number of hydrogen-bond acceptors (Lipinski definition) is 4. The smallest absolute Gasteiger partial charge is 0.434 e. The van der Waals surface area contributed by atoms with E-state index < -0.39 is 28.5 Å². The standard InChI is InChI=1S/C15H14ClF3N4O2/c1-23-13(15(17,18)19)11(16)12(22-23)14(24)21-8-2-4-9(5-3-8)25-10-6-20-7-10/h2-5,10,20H,6-7H2,1H3,(H,21,24). The fourth-order valence-corrected chi connectivity index (χ4v) is 2.65. The third-order valence-corrected chi connectivity index (χ3v) is 3.99. The molecule has 1 saturated heterocycles. The summed E-state index contributed by atoms with van der Waals surface area (Å²) in [7, 11) is 1.08. The van der Waals surface area contributed by atoms with Crippen LogP contribution < -0.4 is 15.4 Å². The van der Waals surface area contributed by atoms with Crippen molar-refractivity contribution >= 4 is 23.2 Å². The molecule has 1 aliphatic rings. The minimum absolute atomic E-state index is 0.119. The molecule has 0 atom stereocenters. The van der Waals surface area contributed by atoms with Crippen molar-refractivity contribution in [3.8, 4) is 5.75 Å². The Morgan fingerprint density at radius 3 is 2.48 bits per heavy atom. The molecule has 3 rings (SSSR count). The number of anilines is 1. The van der Waals surface area contributed by atoms with E-state index in [0.717, 1.165) is 20.1 Å². The lowest BCUT2D eigenvalue weighted by Crippen LogP contribution is -2.50. The van der Waals surface area contributed by atoms with Crippen molar-refractivity contribution in [1.29, 1.82) is 0 Å². The second-order valence-corrected chi connectivity index (χ2v) is 5.89. The lowest BCUT2D eigenvalue weighted by molar-refractivity contribution is -0.143. The molecule has 1 aromatic heterocycles. The lowest BCUT2D eigenvalue weighted by Gasteiger charge is -2.27. The van der Waals surface area contributed by atoms with Gasteiger partial charge in [0, 0.05) is 25.8 Å². The number of rotatable bonds is 4. The van der Waals surface area contributed by atoms with Crippen LogP contribution in [-0.4, -0.2) is 34.9 Å². The van der Waals surface area contributed by atoms with Crippen LogP contribution in [0.1, 0.15) is 16.2 Å². The van der Waals surface area contributed by atoms with Gasteiger partial charge < -0.3 is 15.4 Å². The molecule has 1 aliphatic heterocycles. The highest BCUT2D eigenvalue weighted by Gasteiger charge is 2.40. The normalized spacial score (nSPS) is 14.9. The van der Waals surface area contributed by atoms with E-state index >= 15 is 0 Å². The summed E-state index contributed by atoms with van der Waals surface area (Å²) < 4.78 is 44.9. The fourth-order valence-electron chi connectivity index (χ4n) is 2.30. The number of nitrogens with zero attached hydrogens (tertiary/aromatic N) is 2. The Morgan fingerprint density at radius 1 is 1.36 bits per heavy atom. The number of carbonyl (C=O) groups is 1. The number of alkyl halides is 3. The first-order chi connectivity index (χ1) is 11.8. The molecule has 6 nitrogen and oxygen atoms in total. The molecule has 25 heavy (non-hydrogen) atoms. The molecule has 2 aromatic rings. The zero-order valence-corrected chi connectivity index (χ0v) is 13.8. The number of amides is 1. The van der Waals surface area contributed by atoms with Crippen LogP contribution in [0.4, 0.5) is 18.9 Å². The number of aryl methyl sites for hydroxylation is 1. The fraction of sp³-hybridized carbons (Fsp3) is 0.333. The molecule has 1 fully saturated rings. The van der Waals surface area contributed by atoms with Crippen LogP contribution >= 0.6 is 11.6 Å². The first-order valence-corrected chi connectivity index (χ1v) is 7.72. The highest BCUT2D eigenvalue weighted by Crippen LogP contribution is 2.36. The van der Waals surface area contributed by atoms with Crippen molar-refractivity contribution in [2.45, 2.75) is 12.3 Å². The number of aromatic nitrogens is 2. The number of carbonyl (C=O) groups excluding carboxylic acids is 1. The van der Waals surface area contributed by atoms with Crippen molar-refractivity contribution in [2.24, 2.45) is 7.05 Å². The first-order valence-electron chi connectivity index (χ1n) is 7.34. The number of ether oxygens (including phenoxy) is 1. The summed E-state index contributed by atoms with van der Waals surface area (Å²) in [5.74, 6) is -0.187. The third-order valence-electron chi connectivity index (χ3n) is 3.63. The van der Waals surface area contributed by atoms with Gasteiger partial charge in [-0.2, -0.15) is 18.3 Å². The van der Waals surface area contributed by atoms with E-state index in [9.17, 15) is 18.0 Å². The number of halogens is 4. The Balaban J connectivity index is 1.72. The average molecular weight is 375 g/mol. The van der Waals surface area contributed by atoms with E-state index in [-0.39, 0.29) is 6.10 Å². The van der Waals surface area contributed by atoms with Crippen LogP contribution in [0.2, 0.25) is 5.02 Å². The van der Waals surface area contributed by atoms with E-state index in [0.29, 0.717) is 16.1 Å². The van der Waals surface area contributed by atoms with Gasteiger partial charge in [0.15, 0.2) is 11.4 Å². The minimum Gasteiger partial charge on any atom is -0.488 e. The van der Waals surface area contributed by atoms with Gasteiger partial charge in [0.2, 0.25) is 0 Å². The summed E-state index contributed by atoms with van der Waals surface area (Å²) in [6.45, 7) is 1.55. The van der Waals surface area contributed by atoms with Crippen molar-refractivity contribution < 1.29 is 22.7 Å². The van der Waals surface area contributed by atoms with Gasteiger partial charge >= 0.3 is 6.18 Å². The van der Waals surface area contributed by atoms with Gasteiger partial charge in [-0.05, 0) is 24.3 Å². The van der Waals surface area contributed by atoms with Crippen LogP contribution in [0.15, 0.2) is 24.3 Å². The SMILES string of the molecule is Cn1nc(C(=O)Nc2ccc(OC3CNC3)cc2)c(Cl)c1C(F)(F)F. The number of nitrogens with one attached hydrogen (secondary N) is 2. The monoisotopic (exact) mass is 374 g/mol. The van der Waals surface area contributed by atoms with Crippen molar-refractivity contribution in [1.82, 2.24) is 15.1 Å². The van der Waals surface area contributed by atoms with Crippen LogP contribution in [0.3, 0.4) is 0 Å². The molecule has 1 amide bonds. The lowest BCUT2D eigenvalue weighted by atomic mass is 10.2. The van der Waals surface area contributed by atoms with Gasteiger partial charge in [-0.25, -0.2) is 0 Å². The minimum atomic E-state index is -4.70. The highest BCUT2D eigenvalue weighted by atomic mass is 35.5. The molecule has 2 N–H and O–H groups in total. The van der Waals surface area contributed by atoms with Gasteiger partial charge in [0.25, 0.3) is 5.91 Å². The maximum absolute atomic E-state index is 12.9. The number of benzene rings is 1. The second kappa shape index (κ2) is 6.57. The maximum atomic E-state index is 12.9. The van der Waals surface area contributed by atoms with E-state index in [1.165, 1.54) is 0 Å². The van der Waals surface area contributed by atoms with Gasteiger partial charge in [-0.3, -0.25) is 9.48 Å². The number of hydrogen-bond donors (Lipinski definition) is 2. The molecule has 0 saturated carbocycles. The van der Waals surface area contributed by atoms with Crippen molar-refractivity contribution in [2.75, 3.05) is 18.4 Å². The predicted molar refractivity (Wildman–Crippen MR) is 84.9 cm³/mol. The molecule has 0 unspecified atom stereocenters. The molecule has 134 valence electrons. The van der Waals surface area contributed by atoms with E-state index in [1.54, 1.807) is 24.3 Å². The van der Waals surface area contributed by atoms with Crippen molar-refractivity contribution in [3.05, 3.63) is 40.7 Å². The summed E-state index contributed by atoms with van der Waals surface area (Å²) in [6.07, 6.45) is -4.58. The van der Waals surface area contributed by atoms with Crippen LogP contribution in [-0.2, 0) is 13.2 Å². The first kappa shape index (κ1) is 17.6. The largest absolute Gasteiger partial charge is 0.488 e. The zero-order valence-electron chi connectivity index (χ0n) is 13.0. The van der Waals surface area contributed by atoms with E-state index in [4.69, 9.17) is 16.3 Å². The molecule has 0 radical (unpaired) electrons. The Hall–Kier alpha value is -2.26. The molecule has 0 spiro atoms. The predicted octanol–water partition coefficient (Wildman–Crippen LogP) is 2.70. The van der Waals surface area contributed by atoms with Crippen molar-refractivity contribution in [3.63, 3.8) is 0 Å². The Bertz CT molecular complexity index is 785. The maximum Gasteiger partial charge on any atom is 0.434 e. The van der Waals surface area contributed by atoms with E-state index in [1.807, 2.05) is 0 Å². The summed E-state index contributed by atoms with van der Waals surface area (Å²) in [6, 6.07) is 6.49. The van der Waals surface area contributed by atoms with E-state index in [2.05, 4.69) is 15.7 Å². The van der Waals surface area contributed by atoms with Gasteiger partial charge in [-0.1, -0.05) is 11.6 Å². The Labute approximate surface area is 145 Å². The second-order valence-electron chi connectivity index (χ2n) is 5.51. The Morgan fingerprint density at radius 2 is 2.00 bits per heavy atom. The Kier molecular flexibility index (Phi) is 4.61. The third kappa shape index (κ3) is 3.72. The highest BCUT2D eigenvalue weighted by molar-refractivity contribution is 6.34. The topological polar surface area (TPSA) is 68.2 Å². The molecule has 0 bridgehead atoms. The summed E-state index contributed by atoms with van der Waals surface area (Å²) in [5.41, 5.74) is -1.27. The molecular formula is C15H14ClF3N4O2. The molecule has 1 aromatic carbocycles. The summed E-state index contributed by atoms with van der Waals surface area (Å²) >= 11 is 5.69. The summed E-state index contributed by atoms with van der Waals surface area (Å²) in [4.78, 5) is 12.2. The average Bonchev–Trinajstić information content (AvgIpc) is 2.79. The van der Waals surface area contributed by atoms with Gasteiger partial charge in [-0.15, -0.1) is 0 Å². The summed E-state index contributed by atoms with van der Waals surface area (Å²) in [5, 5.41) is 8.38.